The molecular weight excluding hydrogens is 286 g/mol. The van der Waals surface area contributed by atoms with Crippen LogP contribution in [0.1, 0.15) is 25.7 Å². The van der Waals surface area contributed by atoms with E-state index in [-0.39, 0.29) is 5.92 Å². The molecule has 1 amide bonds. The molecule has 0 aromatic heterocycles. The summed E-state index contributed by atoms with van der Waals surface area (Å²) in [6.45, 7) is 1.15. The van der Waals surface area contributed by atoms with Gasteiger partial charge in [0.05, 0.1) is 6.54 Å². The molecule has 0 saturated heterocycles. The van der Waals surface area contributed by atoms with Gasteiger partial charge in [-0.3, -0.25) is 4.79 Å². The Bertz CT molecular complexity index is 502. The Balaban J connectivity index is 1.44. The second-order valence-electron chi connectivity index (χ2n) is 6.34. The number of hydrogen-bond acceptors (Lipinski definition) is 2. The summed E-state index contributed by atoms with van der Waals surface area (Å²) < 4.78 is 5.65. The zero-order chi connectivity index (χ0) is 14.8. The molecular formula is C17H22ClNO2. The van der Waals surface area contributed by atoms with Crippen LogP contribution in [0.5, 0.6) is 5.75 Å². The van der Waals surface area contributed by atoms with Gasteiger partial charge in [0.2, 0.25) is 5.91 Å². The van der Waals surface area contributed by atoms with Gasteiger partial charge in [0.15, 0.2) is 0 Å². The number of halogens is 1. The maximum atomic E-state index is 12.5. The SMILES string of the molecule is CN(CCOc1ccc(Cl)cc1)C(=O)C1CC2CCC1C2. The molecule has 3 unspecified atom stereocenters. The number of carbonyl (C=O) groups excluding carboxylic acids is 1. The van der Waals surface area contributed by atoms with Crippen LogP contribution in [-0.4, -0.2) is 31.0 Å². The van der Waals surface area contributed by atoms with Gasteiger partial charge >= 0.3 is 0 Å². The fourth-order valence-electron chi connectivity index (χ4n) is 3.77. The minimum absolute atomic E-state index is 0.268. The van der Waals surface area contributed by atoms with E-state index in [1.165, 1.54) is 19.3 Å². The fourth-order valence-corrected chi connectivity index (χ4v) is 3.90. The van der Waals surface area contributed by atoms with Crippen molar-refractivity contribution in [1.82, 2.24) is 4.90 Å². The van der Waals surface area contributed by atoms with E-state index in [4.69, 9.17) is 16.3 Å². The minimum Gasteiger partial charge on any atom is -0.492 e. The Morgan fingerprint density at radius 2 is 2.05 bits per heavy atom. The quantitative estimate of drug-likeness (QED) is 0.831. The van der Waals surface area contributed by atoms with E-state index >= 15 is 0 Å². The number of fused-ring (bicyclic) bond motifs is 2. The molecule has 0 N–H and O–H groups in total. The molecule has 0 aliphatic heterocycles. The molecule has 0 heterocycles. The molecule has 3 nitrogen and oxygen atoms in total. The number of hydrogen-bond donors (Lipinski definition) is 0. The number of rotatable bonds is 5. The van der Waals surface area contributed by atoms with Crippen LogP contribution in [0.2, 0.25) is 5.02 Å². The van der Waals surface area contributed by atoms with E-state index < -0.39 is 0 Å². The lowest BCUT2D eigenvalue weighted by Gasteiger charge is -2.26. The van der Waals surface area contributed by atoms with Gasteiger partial charge in [-0.05, 0) is 55.4 Å². The number of amides is 1. The molecule has 4 heteroatoms. The van der Waals surface area contributed by atoms with Gasteiger partial charge in [0.1, 0.15) is 12.4 Å². The zero-order valence-corrected chi connectivity index (χ0v) is 13.2. The standard InChI is InChI=1S/C17H22ClNO2/c1-19(8-9-21-15-6-4-14(18)5-7-15)17(20)16-11-12-2-3-13(16)10-12/h4-7,12-13,16H,2-3,8-11H2,1H3. The number of nitrogens with zero attached hydrogens (tertiary/aromatic N) is 1. The number of benzene rings is 1. The van der Waals surface area contributed by atoms with Crippen molar-refractivity contribution in [2.24, 2.45) is 17.8 Å². The van der Waals surface area contributed by atoms with Gasteiger partial charge in [0.25, 0.3) is 0 Å². The van der Waals surface area contributed by atoms with Crippen LogP contribution >= 0.6 is 11.6 Å². The molecule has 1 aromatic carbocycles. The molecule has 3 atom stereocenters. The van der Waals surface area contributed by atoms with Crippen LogP contribution in [0.15, 0.2) is 24.3 Å². The van der Waals surface area contributed by atoms with Crippen molar-refractivity contribution in [3.05, 3.63) is 29.3 Å². The summed E-state index contributed by atoms with van der Waals surface area (Å²) in [5.74, 6) is 2.82. The second-order valence-corrected chi connectivity index (χ2v) is 6.78. The van der Waals surface area contributed by atoms with Gasteiger partial charge < -0.3 is 9.64 Å². The van der Waals surface area contributed by atoms with Crippen molar-refractivity contribution >= 4 is 17.5 Å². The van der Waals surface area contributed by atoms with E-state index in [1.54, 1.807) is 12.1 Å². The summed E-state index contributed by atoms with van der Waals surface area (Å²) in [5.41, 5.74) is 0. The molecule has 2 bridgehead atoms. The predicted octanol–water partition coefficient (Wildman–Crippen LogP) is 3.61. The van der Waals surface area contributed by atoms with E-state index in [9.17, 15) is 4.79 Å². The highest BCUT2D eigenvalue weighted by Crippen LogP contribution is 2.48. The first kappa shape index (κ1) is 14.7. The summed E-state index contributed by atoms with van der Waals surface area (Å²) in [7, 11) is 1.89. The number of likely N-dealkylation sites (N-methyl/N-ethyl adjacent to an activating group) is 1. The van der Waals surface area contributed by atoms with Crippen LogP contribution in [0.3, 0.4) is 0 Å². The van der Waals surface area contributed by atoms with Crippen LogP contribution < -0.4 is 4.74 Å². The van der Waals surface area contributed by atoms with E-state index in [0.29, 0.717) is 30.0 Å². The fraction of sp³-hybridized carbons (Fsp3) is 0.588. The Labute approximate surface area is 131 Å². The largest absolute Gasteiger partial charge is 0.492 e. The van der Waals surface area contributed by atoms with E-state index in [2.05, 4.69) is 0 Å². The third-order valence-electron chi connectivity index (χ3n) is 4.94. The minimum atomic E-state index is 0.268. The average Bonchev–Trinajstić information content (AvgIpc) is 3.11. The summed E-state index contributed by atoms with van der Waals surface area (Å²) >= 11 is 5.83. The van der Waals surface area contributed by atoms with Crippen LogP contribution in [0, 0.1) is 17.8 Å². The number of ether oxygens (including phenoxy) is 1. The lowest BCUT2D eigenvalue weighted by molar-refractivity contribution is -0.136. The van der Waals surface area contributed by atoms with Crippen LogP contribution in [-0.2, 0) is 4.79 Å². The zero-order valence-electron chi connectivity index (χ0n) is 12.4. The Kier molecular flexibility index (Phi) is 4.39. The first-order valence-electron chi connectivity index (χ1n) is 7.77. The van der Waals surface area contributed by atoms with Crippen molar-refractivity contribution < 1.29 is 9.53 Å². The van der Waals surface area contributed by atoms with E-state index in [1.807, 2.05) is 24.1 Å². The molecule has 0 radical (unpaired) electrons. The first-order valence-corrected chi connectivity index (χ1v) is 8.14. The highest BCUT2D eigenvalue weighted by Gasteiger charge is 2.43. The van der Waals surface area contributed by atoms with Crippen molar-refractivity contribution in [2.75, 3.05) is 20.2 Å². The molecule has 2 fully saturated rings. The van der Waals surface area contributed by atoms with Crippen molar-refractivity contribution in [1.29, 1.82) is 0 Å². The molecule has 2 aliphatic carbocycles. The topological polar surface area (TPSA) is 29.5 Å². The van der Waals surface area contributed by atoms with Gasteiger partial charge in [-0.15, -0.1) is 0 Å². The van der Waals surface area contributed by atoms with Gasteiger partial charge in [-0.2, -0.15) is 0 Å². The van der Waals surface area contributed by atoms with Crippen LogP contribution in [0.4, 0.5) is 0 Å². The molecule has 21 heavy (non-hydrogen) atoms. The molecule has 2 saturated carbocycles. The molecule has 0 spiro atoms. The maximum absolute atomic E-state index is 12.5. The number of carbonyl (C=O) groups is 1. The second kappa shape index (κ2) is 6.27. The third kappa shape index (κ3) is 3.34. The highest BCUT2D eigenvalue weighted by molar-refractivity contribution is 6.30. The van der Waals surface area contributed by atoms with Crippen molar-refractivity contribution in [2.45, 2.75) is 25.7 Å². The summed E-state index contributed by atoms with van der Waals surface area (Å²) in [4.78, 5) is 14.3. The summed E-state index contributed by atoms with van der Waals surface area (Å²) in [6, 6.07) is 7.31. The summed E-state index contributed by atoms with van der Waals surface area (Å²) in [6.07, 6.45) is 4.95. The van der Waals surface area contributed by atoms with Gasteiger partial charge in [-0.25, -0.2) is 0 Å². The molecule has 114 valence electrons. The third-order valence-corrected chi connectivity index (χ3v) is 5.19. The Morgan fingerprint density at radius 3 is 2.67 bits per heavy atom. The first-order chi connectivity index (χ1) is 10.1. The van der Waals surface area contributed by atoms with Crippen LogP contribution in [0.25, 0.3) is 0 Å². The lowest BCUT2D eigenvalue weighted by Crippen LogP contribution is -2.37. The maximum Gasteiger partial charge on any atom is 0.225 e. The van der Waals surface area contributed by atoms with Crippen molar-refractivity contribution in [3.8, 4) is 5.75 Å². The molecule has 2 aliphatic rings. The van der Waals surface area contributed by atoms with Gasteiger partial charge in [0, 0.05) is 18.0 Å². The Hall–Kier alpha value is -1.22. The summed E-state index contributed by atoms with van der Waals surface area (Å²) in [5, 5.41) is 0.700. The monoisotopic (exact) mass is 307 g/mol. The predicted molar refractivity (Wildman–Crippen MR) is 83.5 cm³/mol. The highest BCUT2D eigenvalue weighted by atomic mass is 35.5. The molecule has 3 rings (SSSR count). The van der Waals surface area contributed by atoms with E-state index in [0.717, 1.165) is 18.1 Å². The molecule has 1 aromatic rings. The Morgan fingerprint density at radius 1 is 1.29 bits per heavy atom. The lowest BCUT2D eigenvalue weighted by atomic mass is 9.88. The van der Waals surface area contributed by atoms with Gasteiger partial charge in [-0.1, -0.05) is 18.0 Å². The average molecular weight is 308 g/mol. The van der Waals surface area contributed by atoms with Crippen molar-refractivity contribution in [3.63, 3.8) is 0 Å². The smallest absolute Gasteiger partial charge is 0.225 e. The normalized spacial score (nSPS) is 26.9.